The molecular weight excluding hydrogens is 244 g/mol. The summed E-state index contributed by atoms with van der Waals surface area (Å²) in [7, 11) is 0. The molecule has 1 atom stereocenters. The summed E-state index contributed by atoms with van der Waals surface area (Å²) in [4.78, 5) is 2.78. The summed E-state index contributed by atoms with van der Waals surface area (Å²) < 4.78 is 0. The van der Waals surface area contributed by atoms with Crippen LogP contribution >= 0.6 is 0 Å². The summed E-state index contributed by atoms with van der Waals surface area (Å²) in [6.07, 6.45) is 8.76. The fourth-order valence-electron chi connectivity index (χ4n) is 4.61. The number of likely N-dealkylation sites (tertiary alicyclic amines) is 1. The Morgan fingerprint density at radius 2 is 1.85 bits per heavy atom. The highest BCUT2D eigenvalue weighted by Crippen LogP contribution is 2.36. The minimum Gasteiger partial charge on any atom is -0.309 e. The van der Waals surface area contributed by atoms with Crippen LogP contribution in [-0.4, -0.2) is 17.5 Å². The van der Waals surface area contributed by atoms with Crippen LogP contribution in [0.2, 0.25) is 0 Å². The Labute approximate surface area is 122 Å². The van der Waals surface area contributed by atoms with Crippen molar-refractivity contribution in [3.8, 4) is 0 Å². The Hall–Kier alpha value is -0.860. The molecule has 0 amide bonds. The maximum Gasteiger partial charge on any atom is 0.0236 e. The molecule has 2 heterocycles. The quantitative estimate of drug-likeness (QED) is 0.905. The van der Waals surface area contributed by atoms with Crippen LogP contribution in [0.4, 0.5) is 0 Å². The van der Waals surface area contributed by atoms with Gasteiger partial charge in [0.25, 0.3) is 0 Å². The predicted octanol–water partition coefficient (Wildman–Crippen LogP) is 3.44. The molecule has 2 nitrogen and oxygen atoms in total. The van der Waals surface area contributed by atoms with E-state index in [1.54, 1.807) is 0 Å². The van der Waals surface area contributed by atoms with Crippen molar-refractivity contribution in [3.63, 3.8) is 0 Å². The third kappa shape index (κ3) is 2.40. The molecule has 1 aromatic carbocycles. The van der Waals surface area contributed by atoms with E-state index in [-0.39, 0.29) is 0 Å². The molecule has 0 bridgehead atoms. The number of hydrogen-bond acceptors (Lipinski definition) is 2. The number of nitrogens with one attached hydrogen (secondary N) is 1. The van der Waals surface area contributed by atoms with E-state index in [4.69, 9.17) is 0 Å². The third-order valence-corrected chi connectivity index (χ3v) is 5.65. The molecule has 20 heavy (non-hydrogen) atoms. The van der Waals surface area contributed by atoms with E-state index in [0.29, 0.717) is 0 Å². The average Bonchev–Trinajstić information content (AvgIpc) is 3.19. The van der Waals surface area contributed by atoms with Crippen LogP contribution in [0.25, 0.3) is 0 Å². The van der Waals surface area contributed by atoms with Crippen LogP contribution in [0.3, 0.4) is 0 Å². The van der Waals surface area contributed by atoms with Crippen molar-refractivity contribution < 1.29 is 0 Å². The first-order valence-corrected chi connectivity index (χ1v) is 8.45. The molecule has 0 radical (unpaired) electrons. The lowest BCUT2D eigenvalue weighted by atomic mass is 9.95. The molecule has 1 N–H and O–H groups in total. The van der Waals surface area contributed by atoms with Crippen molar-refractivity contribution in [2.75, 3.05) is 6.54 Å². The molecule has 1 aliphatic carbocycles. The standard InChI is InChI=1S/C18H26N2/c1-2-5-15(4-1)18-6-3-9-20(18)13-14-7-8-16-11-19-12-17(16)10-14/h7-8,10,15,18-19H,1-6,9,11-13H2. The summed E-state index contributed by atoms with van der Waals surface area (Å²) in [6.45, 7) is 4.62. The number of fused-ring (bicyclic) bond motifs is 1. The van der Waals surface area contributed by atoms with Crippen molar-refractivity contribution in [1.82, 2.24) is 10.2 Å². The van der Waals surface area contributed by atoms with Crippen molar-refractivity contribution >= 4 is 0 Å². The molecule has 3 aliphatic rings. The van der Waals surface area contributed by atoms with E-state index in [2.05, 4.69) is 28.4 Å². The first kappa shape index (κ1) is 12.8. The first-order valence-electron chi connectivity index (χ1n) is 8.45. The first-order chi connectivity index (χ1) is 9.90. The minimum absolute atomic E-state index is 0.879. The average molecular weight is 270 g/mol. The maximum absolute atomic E-state index is 3.45. The molecule has 4 rings (SSSR count). The zero-order valence-corrected chi connectivity index (χ0v) is 12.4. The molecule has 0 aromatic heterocycles. The summed E-state index contributed by atoms with van der Waals surface area (Å²) in [5.41, 5.74) is 4.55. The molecule has 2 fully saturated rings. The second-order valence-corrected chi connectivity index (χ2v) is 6.93. The van der Waals surface area contributed by atoms with Gasteiger partial charge in [-0.05, 0) is 54.8 Å². The van der Waals surface area contributed by atoms with Gasteiger partial charge in [0, 0.05) is 25.7 Å². The van der Waals surface area contributed by atoms with Crippen LogP contribution in [0.5, 0.6) is 0 Å². The highest BCUT2D eigenvalue weighted by Gasteiger charge is 2.33. The van der Waals surface area contributed by atoms with Crippen LogP contribution < -0.4 is 5.32 Å². The second-order valence-electron chi connectivity index (χ2n) is 6.93. The van der Waals surface area contributed by atoms with Gasteiger partial charge in [0.15, 0.2) is 0 Å². The Balaban J connectivity index is 1.47. The highest BCUT2D eigenvalue weighted by atomic mass is 15.2. The number of hydrogen-bond donors (Lipinski definition) is 1. The van der Waals surface area contributed by atoms with Crippen molar-refractivity contribution in [2.24, 2.45) is 5.92 Å². The Morgan fingerprint density at radius 1 is 1.00 bits per heavy atom. The lowest BCUT2D eigenvalue weighted by molar-refractivity contribution is 0.183. The summed E-state index contributed by atoms with van der Waals surface area (Å²) >= 11 is 0. The number of benzene rings is 1. The predicted molar refractivity (Wildman–Crippen MR) is 82.4 cm³/mol. The van der Waals surface area contributed by atoms with Gasteiger partial charge in [-0.2, -0.15) is 0 Å². The van der Waals surface area contributed by atoms with Crippen LogP contribution in [-0.2, 0) is 19.6 Å². The number of rotatable bonds is 3. The van der Waals surface area contributed by atoms with Gasteiger partial charge < -0.3 is 5.32 Å². The largest absolute Gasteiger partial charge is 0.309 e. The summed E-state index contributed by atoms with van der Waals surface area (Å²) in [5, 5.41) is 3.45. The molecule has 2 aliphatic heterocycles. The van der Waals surface area contributed by atoms with Gasteiger partial charge in [0.2, 0.25) is 0 Å². The molecular formula is C18H26N2. The normalized spacial score (nSPS) is 27.3. The van der Waals surface area contributed by atoms with Crippen molar-refractivity contribution in [3.05, 3.63) is 34.9 Å². The van der Waals surface area contributed by atoms with Gasteiger partial charge in [-0.3, -0.25) is 4.90 Å². The molecule has 1 aromatic rings. The molecule has 108 valence electrons. The van der Waals surface area contributed by atoms with Crippen LogP contribution in [0.1, 0.15) is 55.2 Å². The van der Waals surface area contributed by atoms with Crippen molar-refractivity contribution in [1.29, 1.82) is 0 Å². The fraction of sp³-hybridized carbons (Fsp3) is 0.667. The fourth-order valence-corrected chi connectivity index (χ4v) is 4.61. The molecule has 0 spiro atoms. The van der Waals surface area contributed by atoms with Crippen LogP contribution in [0, 0.1) is 5.92 Å². The maximum atomic E-state index is 3.45. The van der Waals surface area contributed by atoms with Crippen LogP contribution in [0.15, 0.2) is 18.2 Å². The van der Waals surface area contributed by atoms with Gasteiger partial charge in [-0.1, -0.05) is 31.0 Å². The third-order valence-electron chi connectivity index (χ3n) is 5.65. The van der Waals surface area contributed by atoms with Crippen molar-refractivity contribution in [2.45, 2.75) is 64.2 Å². The molecule has 1 saturated carbocycles. The van der Waals surface area contributed by atoms with E-state index in [9.17, 15) is 0 Å². The van der Waals surface area contributed by atoms with Gasteiger partial charge in [-0.25, -0.2) is 0 Å². The highest BCUT2D eigenvalue weighted by molar-refractivity contribution is 5.34. The smallest absolute Gasteiger partial charge is 0.0236 e. The molecule has 1 saturated heterocycles. The molecule has 2 heteroatoms. The number of nitrogens with zero attached hydrogens (tertiary/aromatic N) is 1. The monoisotopic (exact) mass is 270 g/mol. The lowest BCUT2D eigenvalue weighted by Crippen LogP contribution is -2.34. The van der Waals surface area contributed by atoms with Gasteiger partial charge in [0.05, 0.1) is 0 Å². The Morgan fingerprint density at radius 3 is 2.75 bits per heavy atom. The lowest BCUT2D eigenvalue weighted by Gasteiger charge is -2.29. The van der Waals surface area contributed by atoms with E-state index in [1.807, 2.05) is 0 Å². The Bertz CT molecular complexity index is 476. The van der Waals surface area contributed by atoms with E-state index >= 15 is 0 Å². The summed E-state index contributed by atoms with van der Waals surface area (Å²) in [6, 6.07) is 8.02. The SMILES string of the molecule is c1cc2c(cc1CN1CCCC1C1CCCC1)CNC2. The van der Waals surface area contributed by atoms with Gasteiger partial charge in [0.1, 0.15) is 0 Å². The minimum atomic E-state index is 0.879. The molecule has 1 unspecified atom stereocenters. The van der Waals surface area contributed by atoms with E-state index in [1.165, 1.54) is 68.3 Å². The van der Waals surface area contributed by atoms with E-state index in [0.717, 1.165) is 25.0 Å². The Kier molecular flexibility index (Phi) is 3.53. The van der Waals surface area contributed by atoms with Gasteiger partial charge in [-0.15, -0.1) is 0 Å². The van der Waals surface area contributed by atoms with E-state index < -0.39 is 0 Å². The second kappa shape index (κ2) is 5.50. The zero-order valence-electron chi connectivity index (χ0n) is 12.4. The summed E-state index contributed by atoms with van der Waals surface area (Å²) in [5.74, 6) is 0.994. The van der Waals surface area contributed by atoms with Gasteiger partial charge >= 0.3 is 0 Å². The topological polar surface area (TPSA) is 15.3 Å². The zero-order chi connectivity index (χ0) is 13.4.